The SMILES string of the molecule is C#CCNC(=O)N[C@@H]1C[C@H]2CC[C@@]1(C)C2(C)C. The van der Waals surface area contributed by atoms with Gasteiger partial charge in [0.1, 0.15) is 0 Å². The van der Waals surface area contributed by atoms with E-state index in [0.29, 0.717) is 12.0 Å². The monoisotopic (exact) mass is 234 g/mol. The van der Waals surface area contributed by atoms with Crippen LogP contribution in [0.2, 0.25) is 0 Å². The largest absolute Gasteiger partial charge is 0.335 e. The Hall–Kier alpha value is -1.17. The lowest BCUT2D eigenvalue weighted by atomic mass is 9.69. The second kappa shape index (κ2) is 3.94. The molecule has 94 valence electrons. The predicted molar refractivity (Wildman–Crippen MR) is 68.4 cm³/mol. The fourth-order valence-corrected chi connectivity index (χ4v) is 3.76. The number of hydrogen-bond donors (Lipinski definition) is 2. The number of rotatable bonds is 2. The topological polar surface area (TPSA) is 41.1 Å². The summed E-state index contributed by atoms with van der Waals surface area (Å²) in [5.74, 6) is 3.15. The molecule has 2 fully saturated rings. The van der Waals surface area contributed by atoms with Crippen molar-refractivity contribution in [3.63, 3.8) is 0 Å². The van der Waals surface area contributed by atoms with Gasteiger partial charge in [-0.25, -0.2) is 4.79 Å². The van der Waals surface area contributed by atoms with E-state index < -0.39 is 0 Å². The second-order valence-corrected chi connectivity index (χ2v) is 6.19. The van der Waals surface area contributed by atoms with Crippen LogP contribution < -0.4 is 10.6 Å². The van der Waals surface area contributed by atoms with Gasteiger partial charge >= 0.3 is 6.03 Å². The molecule has 0 aliphatic heterocycles. The first-order chi connectivity index (χ1) is 7.91. The second-order valence-electron chi connectivity index (χ2n) is 6.19. The van der Waals surface area contributed by atoms with Crippen LogP contribution in [0.25, 0.3) is 0 Å². The normalized spacial score (nSPS) is 37.5. The minimum absolute atomic E-state index is 0.127. The Labute approximate surface area is 104 Å². The van der Waals surface area contributed by atoms with Crippen LogP contribution in [0.1, 0.15) is 40.0 Å². The molecule has 2 aliphatic carbocycles. The van der Waals surface area contributed by atoms with Gasteiger partial charge < -0.3 is 10.6 Å². The summed E-state index contributed by atoms with van der Waals surface area (Å²) in [4.78, 5) is 11.7. The van der Waals surface area contributed by atoms with Gasteiger partial charge in [-0.15, -0.1) is 6.42 Å². The van der Waals surface area contributed by atoms with Crippen molar-refractivity contribution in [2.75, 3.05) is 6.54 Å². The third-order valence-electron chi connectivity index (χ3n) is 5.45. The summed E-state index contributed by atoms with van der Waals surface area (Å²) in [6.07, 6.45) is 8.74. The maximum atomic E-state index is 11.7. The van der Waals surface area contributed by atoms with Crippen LogP contribution in [0.15, 0.2) is 0 Å². The summed E-state index contributed by atoms with van der Waals surface area (Å²) >= 11 is 0. The molecule has 0 aromatic rings. The number of urea groups is 1. The summed E-state index contributed by atoms with van der Waals surface area (Å²) in [6.45, 7) is 7.28. The summed E-state index contributed by atoms with van der Waals surface area (Å²) in [6, 6.07) is 0.159. The lowest BCUT2D eigenvalue weighted by Gasteiger charge is -2.39. The van der Waals surface area contributed by atoms with E-state index in [1.165, 1.54) is 12.8 Å². The van der Waals surface area contributed by atoms with Crippen molar-refractivity contribution in [1.29, 1.82) is 0 Å². The Bertz CT molecular complexity index is 369. The first-order valence-corrected chi connectivity index (χ1v) is 6.39. The highest BCUT2D eigenvalue weighted by Gasteiger charge is 2.61. The average Bonchev–Trinajstić information content (AvgIpc) is 2.59. The molecule has 2 saturated carbocycles. The molecule has 2 rings (SSSR count). The van der Waals surface area contributed by atoms with E-state index in [9.17, 15) is 4.79 Å². The zero-order valence-electron chi connectivity index (χ0n) is 11.0. The van der Waals surface area contributed by atoms with Gasteiger partial charge in [0.2, 0.25) is 0 Å². The van der Waals surface area contributed by atoms with E-state index in [4.69, 9.17) is 6.42 Å². The van der Waals surface area contributed by atoms with Crippen molar-refractivity contribution >= 4 is 6.03 Å². The fraction of sp³-hybridized carbons (Fsp3) is 0.786. The molecule has 17 heavy (non-hydrogen) atoms. The minimum Gasteiger partial charge on any atom is -0.335 e. The summed E-state index contributed by atoms with van der Waals surface area (Å²) in [5.41, 5.74) is 0.558. The first kappa shape index (κ1) is 12.3. The molecule has 0 aromatic heterocycles. The molecule has 0 unspecified atom stereocenters. The van der Waals surface area contributed by atoms with Crippen molar-refractivity contribution in [2.45, 2.75) is 46.1 Å². The zero-order chi connectivity index (χ0) is 12.7. The summed E-state index contributed by atoms with van der Waals surface area (Å²) in [7, 11) is 0. The number of amides is 2. The lowest BCUT2D eigenvalue weighted by Crippen LogP contribution is -2.50. The molecule has 2 aliphatic rings. The maximum Gasteiger partial charge on any atom is 0.315 e. The highest BCUT2D eigenvalue weighted by atomic mass is 16.2. The van der Waals surface area contributed by atoms with Crippen molar-refractivity contribution in [3.05, 3.63) is 0 Å². The standard InChI is InChI=1S/C14H22N2O/c1-5-8-15-12(17)16-11-9-10-6-7-14(11,4)13(10,2)3/h1,10-11H,6-9H2,2-4H3,(H2,15,16,17)/t10-,11-,14-/m1/s1. The molecule has 0 radical (unpaired) electrons. The molecule has 3 heteroatoms. The van der Waals surface area contributed by atoms with Crippen LogP contribution >= 0.6 is 0 Å². The third-order valence-corrected chi connectivity index (χ3v) is 5.45. The third kappa shape index (κ3) is 1.71. The van der Waals surface area contributed by atoms with Crippen LogP contribution in [-0.4, -0.2) is 18.6 Å². The Kier molecular flexibility index (Phi) is 2.85. The van der Waals surface area contributed by atoms with Crippen LogP contribution in [0.4, 0.5) is 4.79 Å². The molecule has 0 saturated heterocycles. The number of carbonyl (C=O) groups excluding carboxylic acids is 1. The van der Waals surface area contributed by atoms with Gasteiger partial charge in [-0.2, -0.15) is 0 Å². The lowest BCUT2D eigenvalue weighted by molar-refractivity contribution is 0.123. The molecule has 2 N–H and O–H groups in total. The number of hydrogen-bond acceptors (Lipinski definition) is 1. The molecular weight excluding hydrogens is 212 g/mol. The van der Waals surface area contributed by atoms with Gasteiger partial charge in [-0.05, 0) is 36.0 Å². The van der Waals surface area contributed by atoms with Gasteiger partial charge in [-0.3, -0.25) is 0 Å². The van der Waals surface area contributed by atoms with Gasteiger partial charge in [0.05, 0.1) is 6.54 Å². The Morgan fingerprint density at radius 3 is 2.65 bits per heavy atom. The first-order valence-electron chi connectivity index (χ1n) is 6.39. The molecule has 0 heterocycles. The molecule has 0 spiro atoms. The summed E-state index contributed by atoms with van der Waals surface area (Å²) in [5, 5.41) is 5.77. The van der Waals surface area contributed by atoms with Gasteiger partial charge in [-0.1, -0.05) is 26.7 Å². The van der Waals surface area contributed by atoms with E-state index in [-0.39, 0.29) is 17.5 Å². The molecular formula is C14H22N2O. The van der Waals surface area contributed by atoms with Crippen LogP contribution in [-0.2, 0) is 0 Å². The van der Waals surface area contributed by atoms with Crippen LogP contribution in [0.5, 0.6) is 0 Å². The number of terminal acetylenes is 1. The van der Waals surface area contributed by atoms with Crippen molar-refractivity contribution in [3.8, 4) is 12.3 Å². The predicted octanol–water partition coefficient (Wildman–Crippen LogP) is 2.13. The maximum absolute atomic E-state index is 11.7. The van der Waals surface area contributed by atoms with E-state index in [0.717, 1.165) is 12.3 Å². The molecule has 3 nitrogen and oxygen atoms in total. The Morgan fingerprint density at radius 2 is 2.18 bits per heavy atom. The van der Waals surface area contributed by atoms with Crippen molar-refractivity contribution < 1.29 is 4.79 Å². The minimum atomic E-state index is -0.127. The van der Waals surface area contributed by atoms with E-state index in [1.807, 2.05) is 0 Å². The smallest absolute Gasteiger partial charge is 0.315 e. The van der Waals surface area contributed by atoms with Crippen molar-refractivity contribution in [1.82, 2.24) is 10.6 Å². The summed E-state index contributed by atoms with van der Waals surface area (Å²) < 4.78 is 0. The Morgan fingerprint density at radius 1 is 1.47 bits per heavy atom. The zero-order valence-corrected chi connectivity index (χ0v) is 11.0. The van der Waals surface area contributed by atoms with Gasteiger partial charge in [0.15, 0.2) is 0 Å². The fourth-order valence-electron chi connectivity index (χ4n) is 3.76. The highest BCUT2D eigenvalue weighted by molar-refractivity contribution is 5.74. The van der Waals surface area contributed by atoms with E-state index in [1.54, 1.807) is 0 Å². The van der Waals surface area contributed by atoms with E-state index in [2.05, 4.69) is 37.3 Å². The number of nitrogens with one attached hydrogen (secondary N) is 2. The highest BCUT2D eigenvalue weighted by Crippen LogP contribution is 2.65. The quantitative estimate of drug-likeness (QED) is 0.706. The molecule has 0 aromatic carbocycles. The van der Waals surface area contributed by atoms with Gasteiger partial charge in [0, 0.05) is 6.04 Å². The molecule has 3 atom stereocenters. The number of fused-ring (bicyclic) bond motifs is 2. The Balaban J connectivity index is 2.01. The van der Waals surface area contributed by atoms with E-state index >= 15 is 0 Å². The van der Waals surface area contributed by atoms with Crippen molar-refractivity contribution in [2.24, 2.45) is 16.7 Å². The molecule has 2 amide bonds. The van der Waals surface area contributed by atoms with Crippen LogP contribution in [0, 0.1) is 29.1 Å². The molecule has 2 bridgehead atoms. The van der Waals surface area contributed by atoms with Gasteiger partial charge in [0.25, 0.3) is 0 Å². The number of carbonyl (C=O) groups is 1. The average molecular weight is 234 g/mol. The van der Waals surface area contributed by atoms with Crippen LogP contribution in [0.3, 0.4) is 0 Å².